The van der Waals surface area contributed by atoms with E-state index in [9.17, 15) is 4.79 Å². The van der Waals surface area contributed by atoms with E-state index < -0.39 is 0 Å². The molecular formula is C15H19N5O2. The lowest BCUT2D eigenvalue weighted by atomic mass is 10.2. The smallest absolute Gasteiger partial charge is 0.267 e. The maximum absolute atomic E-state index is 12.2. The van der Waals surface area contributed by atoms with Crippen molar-refractivity contribution in [2.75, 3.05) is 6.54 Å². The molecule has 116 valence electrons. The first-order valence-corrected chi connectivity index (χ1v) is 7.89. The number of hydrogen-bond donors (Lipinski definition) is 0. The van der Waals surface area contributed by atoms with Crippen molar-refractivity contribution in [1.29, 1.82) is 0 Å². The second-order valence-electron chi connectivity index (χ2n) is 6.10. The molecule has 1 atom stereocenters. The van der Waals surface area contributed by atoms with Gasteiger partial charge in [0.15, 0.2) is 5.82 Å². The van der Waals surface area contributed by atoms with Gasteiger partial charge in [0.25, 0.3) is 5.56 Å². The highest BCUT2D eigenvalue weighted by Crippen LogP contribution is 2.21. The number of aryl methyl sites for hydroxylation is 2. The Bertz CT molecular complexity index is 709. The van der Waals surface area contributed by atoms with Crippen LogP contribution in [0.25, 0.3) is 0 Å². The molecule has 1 aliphatic carbocycles. The summed E-state index contributed by atoms with van der Waals surface area (Å²) in [6, 6.07) is 2.08. The molecule has 1 aliphatic heterocycles. The monoisotopic (exact) mass is 301 g/mol. The van der Waals surface area contributed by atoms with Crippen molar-refractivity contribution in [1.82, 2.24) is 24.8 Å². The highest BCUT2D eigenvalue weighted by Gasteiger charge is 2.27. The van der Waals surface area contributed by atoms with Crippen LogP contribution in [0.5, 0.6) is 0 Å². The molecule has 0 saturated carbocycles. The molecule has 2 aliphatic rings. The summed E-state index contributed by atoms with van der Waals surface area (Å²) in [5.74, 6) is 0.696. The Hall–Kier alpha value is -2.02. The molecule has 1 unspecified atom stereocenters. The average molecular weight is 301 g/mol. The van der Waals surface area contributed by atoms with Crippen LogP contribution in [0.4, 0.5) is 0 Å². The molecule has 2 aromatic rings. The molecule has 4 rings (SSSR count). The minimum Gasteiger partial charge on any atom is -0.343 e. The second-order valence-corrected chi connectivity index (χ2v) is 6.10. The van der Waals surface area contributed by atoms with Crippen molar-refractivity contribution in [2.45, 2.75) is 51.2 Å². The van der Waals surface area contributed by atoms with E-state index in [0.29, 0.717) is 25.0 Å². The van der Waals surface area contributed by atoms with E-state index in [1.165, 1.54) is 6.39 Å². The maximum Gasteiger partial charge on any atom is 0.267 e. The first kappa shape index (κ1) is 13.6. The number of aromatic nitrogens is 4. The fourth-order valence-corrected chi connectivity index (χ4v) is 3.52. The Morgan fingerprint density at radius 2 is 2.27 bits per heavy atom. The highest BCUT2D eigenvalue weighted by atomic mass is 16.5. The number of rotatable bonds is 4. The minimum absolute atomic E-state index is 0.0204. The summed E-state index contributed by atoms with van der Waals surface area (Å²) >= 11 is 0. The van der Waals surface area contributed by atoms with E-state index >= 15 is 0 Å². The van der Waals surface area contributed by atoms with Gasteiger partial charge in [-0.3, -0.25) is 9.69 Å². The van der Waals surface area contributed by atoms with Gasteiger partial charge in [0.2, 0.25) is 6.39 Å². The van der Waals surface area contributed by atoms with Crippen molar-refractivity contribution >= 4 is 0 Å². The lowest BCUT2D eigenvalue weighted by molar-refractivity contribution is 0.209. The first-order valence-electron chi connectivity index (χ1n) is 7.89. The van der Waals surface area contributed by atoms with Crippen molar-refractivity contribution in [3.63, 3.8) is 0 Å². The number of likely N-dealkylation sites (tertiary alicyclic amines) is 1. The zero-order chi connectivity index (χ0) is 14.9. The van der Waals surface area contributed by atoms with Crippen molar-refractivity contribution < 1.29 is 4.52 Å². The van der Waals surface area contributed by atoms with Crippen molar-refractivity contribution in [3.05, 3.63) is 39.9 Å². The van der Waals surface area contributed by atoms with E-state index in [0.717, 1.165) is 49.9 Å². The summed E-state index contributed by atoms with van der Waals surface area (Å²) in [7, 11) is 0. The molecule has 1 saturated heterocycles. The second kappa shape index (κ2) is 5.64. The first-order chi connectivity index (χ1) is 10.8. The molecule has 0 spiro atoms. The highest BCUT2D eigenvalue weighted by molar-refractivity contribution is 5.22. The molecule has 0 bridgehead atoms. The standard InChI is InChI=1S/C15H19N5O2/c21-15-7-11-3-1-5-13(11)17-20(15)8-12-4-2-6-19(12)9-14-16-10-22-18-14/h7,10,12H,1-6,8-9H2. The van der Waals surface area contributed by atoms with Crippen LogP contribution >= 0.6 is 0 Å². The van der Waals surface area contributed by atoms with Crippen LogP contribution in [0, 0.1) is 0 Å². The van der Waals surface area contributed by atoms with E-state index in [1.807, 2.05) is 0 Å². The van der Waals surface area contributed by atoms with E-state index in [-0.39, 0.29) is 5.56 Å². The van der Waals surface area contributed by atoms with Crippen LogP contribution in [0.2, 0.25) is 0 Å². The van der Waals surface area contributed by atoms with Crippen LogP contribution in [0.15, 0.2) is 21.8 Å². The van der Waals surface area contributed by atoms with Gasteiger partial charge in [-0.1, -0.05) is 5.16 Å². The fraction of sp³-hybridized carbons (Fsp3) is 0.600. The van der Waals surface area contributed by atoms with Crippen molar-refractivity contribution in [2.24, 2.45) is 0 Å². The zero-order valence-corrected chi connectivity index (χ0v) is 12.4. The minimum atomic E-state index is 0.0204. The largest absolute Gasteiger partial charge is 0.343 e. The molecule has 0 aromatic carbocycles. The SMILES string of the molecule is O=c1cc2c(nn1CC1CCCN1Cc1ncon1)CCC2. The average Bonchev–Trinajstić information content (AvgIpc) is 3.23. The van der Waals surface area contributed by atoms with Gasteiger partial charge in [-0.05, 0) is 44.2 Å². The summed E-state index contributed by atoms with van der Waals surface area (Å²) in [5, 5.41) is 8.45. The van der Waals surface area contributed by atoms with E-state index in [1.54, 1.807) is 10.7 Å². The molecule has 3 heterocycles. The molecule has 2 aromatic heterocycles. The van der Waals surface area contributed by atoms with E-state index in [4.69, 9.17) is 4.52 Å². The fourth-order valence-electron chi connectivity index (χ4n) is 3.52. The Balaban J connectivity index is 1.51. The normalized spacial score (nSPS) is 21.4. The van der Waals surface area contributed by atoms with E-state index in [2.05, 4.69) is 20.1 Å². The third-order valence-corrected chi connectivity index (χ3v) is 4.66. The third kappa shape index (κ3) is 2.56. The summed E-state index contributed by atoms with van der Waals surface area (Å²) in [5.41, 5.74) is 2.26. The molecular weight excluding hydrogens is 282 g/mol. The molecule has 22 heavy (non-hydrogen) atoms. The van der Waals surface area contributed by atoms with Crippen LogP contribution in [0.1, 0.15) is 36.3 Å². The maximum atomic E-state index is 12.2. The summed E-state index contributed by atoms with van der Waals surface area (Å²) in [4.78, 5) is 18.6. The van der Waals surface area contributed by atoms with Crippen LogP contribution < -0.4 is 5.56 Å². The quantitative estimate of drug-likeness (QED) is 0.830. The Kier molecular flexibility index (Phi) is 3.49. The van der Waals surface area contributed by atoms with Gasteiger partial charge in [0.05, 0.1) is 18.8 Å². The Labute approximate surface area is 127 Å². The number of nitrogens with zero attached hydrogens (tertiary/aromatic N) is 5. The van der Waals surface area contributed by atoms with Gasteiger partial charge in [-0.25, -0.2) is 4.68 Å². The predicted octanol–water partition coefficient (Wildman–Crippen LogP) is 0.780. The third-order valence-electron chi connectivity index (χ3n) is 4.66. The van der Waals surface area contributed by atoms with Gasteiger partial charge in [0, 0.05) is 12.1 Å². The molecule has 7 nitrogen and oxygen atoms in total. The molecule has 0 radical (unpaired) electrons. The topological polar surface area (TPSA) is 77.0 Å². The van der Waals surface area contributed by atoms with Crippen LogP contribution in [-0.4, -0.2) is 37.4 Å². The van der Waals surface area contributed by atoms with Gasteiger partial charge in [-0.2, -0.15) is 10.1 Å². The Morgan fingerprint density at radius 3 is 3.14 bits per heavy atom. The van der Waals surface area contributed by atoms with Gasteiger partial charge >= 0.3 is 0 Å². The van der Waals surface area contributed by atoms with Gasteiger partial charge < -0.3 is 4.52 Å². The van der Waals surface area contributed by atoms with Gasteiger partial charge in [0.1, 0.15) is 0 Å². The lowest BCUT2D eigenvalue weighted by Crippen LogP contribution is -2.37. The number of hydrogen-bond acceptors (Lipinski definition) is 6. The lowest BCUT2D eigenvalue weighted by Gasteiger charge is -2.23. The van der Waals surface area contributed by atoms with Crippen LogP contribution in [-0.2, 0) is 25.9 Å². The van der Waals surface area contributed by atoms with Gasteiger partial charge in [-0.15, -0.1) is 0 Å². The molecule has 7 heteroatoms. The molecule has 1 fully saturated rings. The summed E-state index contributed by atoms with van der Waals surface area (Å²) in [6.07, 6.45) is 6.65. The predicted molar refractivity (Wildman–Crippen MR) is 78.3 cm³/mol. The van der Waals surface area contributed by atoms with Crippen LogP contribution in [0.3, 0.4) is 0 Å². The molecule has 0 amide bonds. The summed E-state index contributed by atoms with van der Waals surface area (Å²) in [6.45, 7) is 2.31. The zero-order valence-electron chi connectivity index (χ0n) is 12.4. The molecule has 0 N–H and O–H groups in total. The Morgan fingerprint density at radius 1 is 1.32 bits per heavy atom. The van der Waals surface area contributed by atoms with Crippen molar-refractivity contribution in [3.8, 4) is 0 Å². The summed E-state index contributed by atoms with van der Waals surface area (Å²) < 4.78 is 6.43. The number of fused-ring (bicyclic) bond motifs is 1.